The van der Waals surface area contributed by atoms with E-state index in [1.54, 1.807) is 0 Å². The molecule has 0 bridgehead atoms. The standard InChI is InChI=1S/C10H8O6/c11-9(12)6-1-3-7(4-2-6)10(13)15-8-5-14-16-8/h1-4,8H,5H2,(H,11,12). The Bertz CT molecular complexity index is 406. The third-order valence-corrected chi connectivity index (χ3v) is 1.99. The lowest BCUT2D eigenvalue weighted by Crippen LogP contribution is -2.35. The van der Waals surface area contributed by atoms with Crippen molar-refractivity contribution in [2.45, 2.75) is 6.29 Å². The van der Waals surface area contributed by atoms with Crippen molar-refractivity contribution in [2.24, 2.45) is 0 Å². The van der Waals surface area contributed by atoms with Crippen LogP contribution >= 0.6 is 0 Å². The molecule has 1 N–H and O–H groups in total. The van der Waals surface area contributed by atoms with Crippen LogP contribution in [0, 0.1) is 0 Å². The summed E-state index contributed by atoms with van der Waals surface area (Å²) >= 11 is 0. The number of hydrogen-bond donors (Lipinski definition) is 1. The highest BCUT2D eigenvalue weighted by Gasteiger charge is 2.25. The molecule has 6 nitrogen and oxygen atoms in total. The molecule has 0 radical (unpaired) electrons. The van der Waals surface area contributed by atoms with Crippen molar-refractivity contribution in [3.05, 3.63) is 35.4 Å². The van der Waals surface area contributed by atoms with Crippen LogP contribution in [0.2, 0.25) is 0 Å². The fourth-order valence-electron chi connectivity index (χ4n) is 1.11. The normalized spacial score (nSPS) is 18.6. The number of benzene rings is 1. The SMILES string of the molecule is O=C(O)c1ccc(C(=O)OC2COO2)cc1. The van der Waals surface area contributed by atoms with Gasteiger partial charge in [0, 0.05) is 0 Å². The quantitative estimate of drug-likeness (QED) is 0.604. The number of carbonyl (C=O) groups is 2. The molecule has 1 aliphatic rings. The van der Waals surface area contributed by atoms with Crippen LogP contribution in [-0.4, -0.2) is 29.9 Å². The number of rotatable bonds is 3. The molecule has 1 aliphatic heterocycles. The minimum Gasteiger partial charge on any atom is -0.478 e. The Morgan fingerprint density at radius 3 is 2.25 bits per heavy atom. The van der Waals surface area contributed by atoms with Crippen LogP contribution in [0.5, 0.6) is 0 Å². The third kappa shape index (κ3) is 2.18. The first kappa shape index (κ1) is 10.6. The molecule has 1 aromatic carbocycles. The molecule has 1 fully saturated rings. The Morgan fingerprint density at radius 1 is 1.25 bits per heavy atom. The topological polar surface area (TPSA) is 82.1 Å². The van der Waals surface area contributed by atoms with Gasteiger partial charge in [0.15, 0.2) is 0 Å². The lowest BCUT2D eigenvalue weighted by atomic mass is 10.1. The van der Waals surface area contributed by atoms with Crippen LogP contribution in [0.4, 0.5) is 0 Å². The highest BCUT2D eigenvalue weighted by Crippen LogP contribution is 2.12. The van der Waals surface area contributed by atoms with Gasteiger partial charge in [-0.15, -0.1) is 0 Å². The molecular weight excluding hydrogens is 216 g/mol. The van der Waals surface area contributed by atoms with Gasteiger partial charge in [0.05, 0.1) is 11.1 Å². The summed E-state index contributed by atoms with van der Waals surface area (Å²) in [6, 6.07) is 5.42. The molecule has 1 atom stereocenters. The summed E-state index contributed by atoms with van der Waals surface area (Å²) in [7, 11) is 0. The van der Waals surface area contributed by atoms with E-state index in [2.05, 4.69) is 9.78 Å². The molecule has 16 heavy (non-hydrogen) atoms. The summed E-state index contributed by atoms with van der Waals surface area (Å²) in [5.74, 6) is -1.62. The first-order valence-corrected chi connectivity index (χ1v) is 4.49. The van der Waals surface area contributed by atoms with Gasteiger partial charge in [-0.3, -0.25) is 0 Å². The molecule has 0 aliphatic carbocycles. The molecule has 1 aromatic rings. The minimum absolute atomic E-state index is 0.111. The molecule has 0 saturated carbocycles. The van der Waals surface area contributed by atoms with E-state index in [1.165, 1.54) is 24.3 Å². The van der Waals surface area contributed by atoms with Gasteiger partial charge in [-0.25, -0.2) is 14.5 Å². The van der Waals surface area contributed by atoms with Crippen LogP contribution in [0.15, 0.2) is 24.3 Å². The van der Waals surface area contributed by atoms with Crippen molar-refractivity contribution < 1.29 is 29.2 Å². The van der Waals surface area contributed by atoms with Crippen LogP contribution in [0.3, 0.4) is 0 Å². The summed E-state index contributed by atoms with van der Waals surface area (Å²) < 4.78 is 4.84. The largest absolute Gasteiger partial charge is 0.478 e. The molecule has 1 heterocycles. The zero-order chi connectivity index (χ0) is 11.5. The maximum absolute atomic E-state index is 11.4. The number of esters is 1. The Balaban J connectivity index is 2.02. The first-order valence-electron chi connectivity index (χ1n) is 4.49. The predicted octanol–water partition coefficient (Wildman–Crippen LogP) is 0.829. The monoisotopic (exact) mass is 224 g/mol. The molecule has 1 saturated heterocycles. The summed E-state index contributed by atoms with van der Waals surface area (Å²) in [5.41, 5.74) is 0.375. The maximum atomic E-state index is 11.4. The van der Waals surface area contributed by atoms with Crippen molar-refractivity contribution in [3.63, 3.8) is 0 Å². The second kappa shape index (κ2) is 4.30. The third-order valence-electron chi connectivity index (χ3n) is 1.99. The second-order valence-corrected chi connectivity index (χ2v) is 3.10. The molecule has 1 unspecified atom stereocenters. The molecule has 84 valence electrons. The molecule has 0 spiro atoms. The second-order valence-electron chi connectivity index (χ2n) is 3.10. The van der Waals surface area contributed by atoms with E-state index in [0.29, 0.717) is 0 Å². The van der Waals surface area contributed by atoms with Crippen molar-refractivity contribution >= 4 is 11.9 Å². The molecule has 0 amide bonds. The van der Waals surface area contributed by atoms with E-state index in [1.807, 2.05) is 0 Å². The van der Waals surface area contributed by atoms with Crippen LogP contribution in [0.25, 0.3) is 0 Å². The van der Waals surface area contributed by atoms with Gasteiger partial charge in [-0.1, -0.05) is 0 Å². The van der Waals surface area contributed by atoms with Gasteiger partial charge in [0.2, 0.25) is 0 Å². The average Bonchev–Trinajstić information content (AvgIpc) is 2.23. The van der Waals surface area contributed by atoms with Gasteiger partial charge >= 0.3 is 11.9 Å². The fourth-order valence-corrected chi connectivity index (χ4v) is 1.11. The first-order chi connectivity index (χ1) is 7.66. The summed E-state index contributed by atoms with van der Waals surface area (Å²) in [4.78, 5) is 30.8. The van der Waals surface area contributed by atoms with Crippen LogP contribution in [0.1, 0.15) is 20.7 Å². The van der Waals surface area contributed by atoms with Gasteiger partial charge in [0.1, 0.15) is 6.61 Å². The number of hydrogen-bond acceptors (Lipinski definition) is 5. The van der Waals surface area contributed by atoms with E-state index < -0.39 is 18.2 Å². The van der Waals surface area contributed by atoms with Gasteiger partial charge in [-0.2, -0.15) is 4.89 Å². The van der Waals surface area contributed by atoms with Crippen molar-refractivity contribution in [1.29, 1.82) is 0 Å². The highest BCUT2D eigenvalue weighted by atomic mass is 17.3. The van der Waals surface area contributed by atoms with E-state index in [-0.39, 0.29) is 17.7 Å². The Morgan fingerprint density at radius 2 is 1.81 bits per heavy atom. The lowest BCUT2D eigenvalue weighted by molar-refractivity contribution is -0.471. The van der Waals surface area contributed by atoms with E-state index in [4.69, 9.17) is 9.84 Å². The Kier molecular flexibility index (Phi) is 2.84. The van der Waals surface area contributed by atoms with E-state index in [9.17, 15) is 9.59 Å². The van der Waals surface area contributed by atoms with Gasteiger partial charge < -0.3 is 9.84 Å². The molecular formula is C10H8O6. The van der Waals surface area contributed by atoms with E-state index in [0.717, 1.165) is 0 Å². The zero-order valence-electron chi connectivity index (χ0n) is 8.08. The minimum atomic E-state index is -1.05. The van der Waals surface area contributed by atoms with Crippen molar-refractivity contribution in [2.75, 3.05) is 6.61 Å². The summed E-state index contributed by atoms with van der Waals surface area (Å²) in [6.45, 7) is 0.207. The lowest BCUT2D eigenvalue weighted by Gasteiger charge is -2.23. The number of ether oxygens (including phenoxy) is 1. The van der Waals surface area contributed by atoms with Crippen LogP contribution < -0.4 is 0 Å². The average molecular weight is 224 g/mol. The van der Waals surface area contributed by atoms with Gasteiger partial charge in [-0.05, 0) is 24.3 Å². The predicted molar refractivity (Wildman–Crippen MR) is 49.6 cm³/mol. The summed E-state index contributed by atoms with van der Waals surface area (Å²) in [5, 5.41) is 8.65. The number of carboxylic acids is 1. The van der Waals surface area contributed by atoms with E-state index >= 15 is 0 Å². The number of aromatic carboxylic acids is 1. The maximum Gasteiger partial charge on any atom is 0.340 e. The zero-order valence-corrected chi connectivity index (χ0v) is 8.08. The fraction of sp³-hybridized carbons (Fsp3) is 0.200. The molecule has 2 rings (SSSR count). The molecule has 0 aromatic heterocycles. The Labute approximate surface area is 90.3 Å². The van der Waals surface area contributed by atoms with Crippen molar-refractivity contribution in [1.82, 2.24) is 0 Å². The Hall–Kier alpha value is -1.92. The number of carbonyl (C=O) groups excluding carboxylic acids is 1. The van der Waals surface area contributed by atoms with Crippen LogP contribution in [-0.2, 0) is 14.5 Å². The summed E-state index contributed by atoms with van der Waals surface area (Å²) in [6.07, 6.45) is -0.674. The smallest absolute Gasteiger partial charge is 0.340 e. The van der Waals surface area contributed by atoms with Gasteiger partial charge in [0.25, 0.3) is 6.29 Å². The molecule has 6 heteroatoms. The van der Waals surface area contributed by atoms with Crippen molar-refractivity contribution in [3.8, 4) is 0 Å². The number of carboxylic acid groups (broad SMARTS) is 1. The highest BCUT2D eigenvalue weighted by molar-refractivity contribution is 5.92.